The summed E-state index contributed by atoms with van der Waals surface area (Å²) >= 11 is 0. The number of benzene rings is 1. The third-order valence-electron chi connectivity index (χ3n) is 2.84. The van der Waals surface area contributed by atoms with Crippen molar-refractivity contribution in [3.8, 4) is 0 Å². The summed E-state index contributed by atoms with van der Waals surface area (Å²) in [6, 6.07) is 5.93. The van der Waals surface area contributed by atoms with Crippen molar-refractivity contribution in [2.45, 2.75) is 6.54 Å². The van der Waals surface area contributed by atoms with Gasteiger partial charge >= 0.3 is 6.09 Å². The van der Waals surface area contributed by atoms with Crippen LogP contribution in [0.3, 0.4) is 0 Å². The lowest BCUT2D eigenvalue weighted by Crippen LogP contribution is -2.22. The third kappa shape index (κ3) is 3.87. The summed E-state index contributed by atoms with van der Waals surface area (Å²) in [6.45, 7) is 0.175. The number of anilines is 2. The van der Waals surface area contributed by atoms with Crippen molar-refractivity contribution in [1.82, 2.24) is 10.3 Å². The molecule has 9 heteroatoms. The van der Waals surface area contributed by atoms with Crippen molar-refractivity contribution < 1.29 is 27.1 Å². The van der Waals surface area contributed by atoms with Gasteiger partial charge in [0.05, 0.1) is 7.11 Å². The summed E-state index contributed by atoms with van der Waals surface area (Å²) in [7, 11) is 1.22. The van der Waals surface area contributed by atoms with Crippen molar-refractivity contribution in [2.75, 3.05) is 12.4 Å². The van der Waals surface area contributed by atoms with Gasteiger partial charge in [0.15, 0.2) is 0 Å². The fourth-order valence-electron chi connectivity index (χ4n) is 1.69. The monoisotopic (exact) mass is 329 g/mol. The minimum atomic E-state index is -1.75. The molecule has 0 fully saturated rings. The molecule has 2 rings (SSSR count). The number of carbonyl (C=O) groups is 1. The molecule has 0 saturated carbocycles. The molecular formula is C14H11F4N3O2. The molecule has 5 nitrogen and oxygen atoms in total. The highest BCUT2D eigenvalue weighted by molar-refractivity contribution is 5.67. The van der Waals surface area contributed by atoms with Crippen LogP contribution in [0.1, 0.15) is 5.56 Å². The Bertz CT molecular complexity index is 697. The Hall–Kier alpha value is -2.84. The maximum absolute atomic E-state index is 13.5. The van der Waals surface area contributed by atoms with Crippen molar-refractivity contribution in [3.63, 3.8) is 0 Å². The van der Waals surface area contributed by atoms with Crippen LogP contribution >= 0.6 is 0 Å². The lowest BCUT2D eigenvalue weighted by atomic mass is 10.2. The fourth-order valence-corrected chi connectivity index (χ4v) is 1.69. The number of carbonyl (C=O) groups excluding carboxylic acids is 1. The minimum Gasteiger partial charge on any atom is -0.453 e. The topological polar surface area (TPSA) is 63.2 Å². The van der Waals surface area contributed by atoms with Crippen LogP contribution in [0.25, 0.3) is 0 Å². The van der Waals surface area contributed by atoms with Gasteiger partial charge in [0.1, 0.15) is 5.69 Å². The van der Waals surface area contributed by atoms with E-state index in [1.807, 2.05) is 0 Å². The maximum Gasteiger partial charge on any atom is 0.407 e. The summed E-state index contributed by atoms with van der Waals surface area (Å²) in [5, 5.41) is 4.69. The Morgan fingerprint density at radius 1 is 1.09 bits per heavy atom. The van der Waals surface area contributed by atoms with E-state index in [4.69, 9.17) is 0 Å². The molecule has 0 saturated heterocycles. The standard InChI is InChI=1S/C14H11F4N3O2/c1-23-14(22)19-6-7-2-4-8(5-3-7)20-11-9(15)12(17)21-13(18)10(11)16/h2-5H,6H2,1H3,(H,19,22)(H,20,21). The van der Waals surface area contributed by atoms with Crippen molar-refractivity contribution in [2.24, 2.45) is 0 Å². The summed E-state index contributed by atoms with van der Waals surface area (Å²) in [5.74, 6) is -6.74. The zero-order valence-corrected chi connectivity index (χ0v) is 11.8. The Balaban J connectivity index is 2.14. The molecule has 2 aromatic rings. The summed E-state index contributed by atoms with van der Waals surface area (Å²) in [5.41, 5.74) is -0.112. The first-order chi connectivity index (χ1) is 10.9. The second-order valence-electron chi connectivity index (χ2n) is 4.36. The lowest BCUT2D eigenvalue weighted by molar-refractivity contribution is 0.170. The number of alkyl carbamates (subject to hydrolysis) is 1. The molecule has 1 amide bonds. The summed E-state index contributed by atoms with van der Waals surface area (Å²) in [4.78, 5) is 13.4. The number of nitrogens with one attached hydrogen (secondary N) is 2. The van der Waals surface area contributed by atoms with E-state index < -0.39 is 35.3 Å². The van der Waals surface area contributed by atoms with Crippen molar-refractivity contribution in [3.05, 3.63) is 53.4 Å². The molecule has 0 unspecified atom stereocenters. The van der Waals surface area contributed by atoms with Crippen LogP contribution in [0.4, 0.5) is 33.7 Å². The van der Waals surface area contributed by atoms with Gasteiger partial charge in [-0.3, -0.25) is 0 Å². The highest BCUT2D eigenvalue weighted by atomic mass is 19.2. The zero-order valence-electron chi connectivity index (χ0n) is 11.8. The number of hydrogen-bond acceptors (Lipinski definition) is 4. The van der Waals surface area contributed by atoms with Gasteiger partial charge < -0.3 is 15.4 Å². The second-order valence-corrected chi connectivity index (χ2v) is 4.36. The number of methoxy groups -OCH3 is 1. The van der Waals surface area contributed by atoms with Crippen molar-refractivity contribution in [1.29, 1.82) is 0 Å². The number of pyridine rings is 1. The first-order valence-corrected chi connectivity index (χ1v) is 6.30. The van der Waals surface area contributed by atoms with E-state index in [1.54, 1.807) is 12.1 Å². The number of ether oxygens (including phenoxy) is 1. The molecular weight excluding hydrogens is 318 g/mol. The molecule has 122 valence electrons. The minimum absolute atomic E-state index is 0.175. The van der Waals surface area contributed by atoms with Gasteiger partial charge in [-0.05, 0) is 17.7 Å². The Labute approximate surface area is 128 Å². The lowest BCUT2D eigenvalue weighted by Gasteiger charge is -2.10. The second kappa shape index (κ2) is 6.95. The van der Waals surface area contributed by atoms with Crippen molar-refractivity contribution >= 4 is 17.5 Å². The number of hydrogen-bond donors (Lipinski definition) is 2. The molecule has 1 aromatic heterocycles. The molecule has 0 aliphatic rings. The Morgan fingerprint density at radius 3 is 2.17 bits per heavy atom. The van der Waals surface area contributed by atoms with E-state index >= 15 is 0 Å². The zero-order chi connectivity index (χ0) is 17.0. The number of amides is 1. The van der Waals surface area contributed by atoms with Gasteiger partial charge in [0.25, 0.3) is 11.9 Å². The average molecular weight is 329 g/mol. The van der Waals surface area contributed by atoms with Crippen LogP contribution in [0.15, 0.2) is 24.3 Å². The number of nitrogens with zero attached hydrogens (tertiary/aromatic N) is 1. The van der Waals surface area contributed by atoms with E-state index in [2.05, 4.69) is 20.4 Å². The van der Waals surface area contributed by atoms with Crippen LogP contribution < -0.4 is 10.6 Å². The Morgan fingerprint density at radius 2 is 1.65 bits per heavy atom. The predicted octanol–water partition coefficient (Wildman–Crippen LogP) is 3.24. The molecule has 1 heterocycles. The smallest absolute Gasteiger partial charge is 0.407 e. The number of aromatic nitrogens is 1. The average Bonchev–Trinajstić information content (AvgIpc) is 2.55. The predicted molar refractivity (Wildman–Crippen MR) is 73.0 cm³/mol. The molecule has 0 bridgehead atoms. The molecule has 0 atom stereocenters. The van der Waals surface area contributed by atoms with E-state index in [0.717, 1.165) is 0 Å². The molecule has 0 aliphatic carbocycles. The van der Waals surface area contributed by atoms with Gasteiger partial charge in [0.2, 0.25) is 11.6 Å². The number of rotatable bonds is 4. The van der Waals surface area contributed by atoms with Crippen LogP contribution in [-0.4, -0.2) is 18.2 Å². The van der Waals surface area contributed by atoms with Gasteiger partial charge in [0, 0.05) is 12.2 Å². The first-order valence-electron chi connectivity index (χ1n) is 6.30. The van der Waals surface area contributed by atoms with Gasteiger partial charge in [-0.2, -0.15) is 22.5 Å². The molecule has 23 heavy (non-hydrogen) atoms. The van der Waals surface area contributed by atoms with E-state index in [1.165, 1.54) is 19.2 Å². The van der Waals surface area contributed by atoms with Crippen LogP contribution in [0.5, 0.6) is 0 Å². The summed E-state index contributed by atoms with van der Waals surface area (Å²) in [6.07, 6.45) is -0.612. The molecule has 0 spiro atoms. The number of halogens is 4. The van der Waals surface area contributed by atoms with Crippen LogP contribution in [-0.2, 0) is 11.3 Å². The Kier molecular flexibility index (Phi) is 4.99. The van der Waals surface area contributed by atoms with E-state index in [-0.39, 0.29) is 12.2 Å². The van der Waals surface area contributed by atoms with Crippen LogP contribution in [0.2, 0.25) is 0 Å². The molecule has 0 aliphatic heterocycles. The van der Waals surface area contributed by atoms with Gasteiger partial charge in [-0.1, -0.05) is 12.1 Å². The fraction of sp³-hybridized carbons (Fsp3) is 0.143. The largest absolute Gasteiger partial charge is 0.453 e. The summed E-state index contributed by atoms with van der Waals surface area (Å²) < 4.78 is 57.4. The maximum atomic E-state index is 13.5. The van der Waals surface area contributed by atoms with E-state index in [0.29, 0.717) is 5.56 Å². The quantitative estimate of drug-likeness (QED) is 0.668. The highest BCUT2D eigenvalue weighted by Crippen LogP contribution is 2.25. The SMILES string of the molecule is COC(=O)NCc1ccc(Nc2c(F)c(F)nc(F)c2F)cc1. The third-order valence-corrected chi connectivity index (χ3v) is 2.84. The van der Waals surface area contributed by atoms with Crippen LogP contribution in [0, 0.1) is 23.5 Å². The molecule has 2 N–H and O–H groups in total. The highest BCUT2D eigenvalue weighted by Gasteiger charge is 2.20. The normalized spacial score (nSPS) is 10.3. The van der Waals surface area contributed by atoms with E-state index in [9.17, 15) is 22.4 Å². The van der Waals surface area contributed by atoms with Gasteiger partial charge in [-0.15, -0.1) is 0 Å². The molecule has 1 aromatic carbocycles. The van der Waals surface area contributed by atoms with Gasteiger partial charge in [-0.25, -0.2) is 4.79 Å². The first kappa shape index (κ1) is 16.5. The molecule has 0 radical (unpaired) electrons.